The number of phenols is 1. The second-order valence-electron chi connectivity index (χ2n) is 7.83. The van der Waals surface area contributed by atoms with E-state index in [-0.39, 0.29) is 17.5 Å². The SMILES string of the molecule is CC(C)N(Cc1ccccn1)Cc1cc([N+](=O)[O-])cc(C(C)(C)C)c1O. The molecule has 0 bridgehead atoms. The first-order valence-corrected chi connectivity index (χ1v) is 8.74. The molecule has 0 aliphatic carbocycles. The van der Waals surface area contributed by atoms with Crippen molar-refractivity contribution in [3.8, 4) is 5.75 Å². The van der Waals surface area contributed by atoms with E-state index in [4.69, 9.17) is 0 Å². The van der Waals surface area contributed by atoms with E-state index >= 15 is 0 Å². The number of phenolic OH excluding ortho intramolecular Hbond substituents is 1. The summed E-state index contributed by atoms with van der Waals surface area (Å²) in [5, 5.41) is 22.1. The highest BCUT2D eigenvalue weighted by Gasteiger charge is 2.26. The van der Waals surface area contributed by atoms with E-state index in [1.807, 2.05) is 39.0 Å². The predicted octanol–water partition coefficient (Wildman–Crippen LogP) is 4.40. The van der Waals surface area contributed by atoms with E-state index in [0.29, 0.717) is 24.2 Å². The molecule has 0 amide bonds. The molecule has 1 heterocycles. The van der Waals surface area contributed by atoms with Crippen LogP contribution < -0.4 is 0 Å². The number of hydrogen-bond acceptors (Lipinski definition) is 5. The molecule has 0 spiro atoms. The molecule has 0 aliphatic heterocycles. The topological polar surface area (TPSA) is 79.5 Å². The summed E-state index contributed by atoms with van der Waals surface area (Å²) in [6, 6.07) is 8.88. The van der Waals surface area contributed by atoms with Gasteiger partial charge in [-0.2, -0.15) is 0 Å². The van der Waals surface area contributed by atoms with Crippen LogP contribution in [0, 0.1) is 10.1 Å². The summed E-state index contributed by atoms with van der Waals surface area (Å²) in [6.07, 6.45) is 1.75. The zero-order chi connectivity index (χ0) is 19.5. The van der Waals surface area contributed by atoms with Crippen LogP contribution in [0.2, 0.25) is 0 Å². The fourth-order valence-corrected chi connectivity index (χ4v) is 2.81. The average Bonchev–Trinajstić information content (AvgIpc) is 2.55. The van der Waals surface area contributed by atoms with Gasteiger partial charge >= 0.3 is 0 Å². The van der Waals surface area contributed by atoms with E-state index in [2.05, 4.69) is 23.7 Å². The Labute approximate surface area is 154 Å². The van der Waals surface area contributed by atoms with E-state index < -0.39 is 10.3 Å². The van der Waals surface area contributed by atoms with Crippen molar-refractivity contribution >= 4 is 5.69 Å². The summed E-state index contributed by atoms with van der Waals surface area (Å²) >= 11 is 0. The van der Waals surface area contributed by atoms with Gasteiger partial charge in [-0.15, -0.1) is 0 Å². The highest BCUT2D eigenvalue weighted by molar-refractivity contribution is 5.52. The lowest BCUT2D eigenvalue weighted by molar-refractivity contribution is -0.385. The van der Waals surface area contributed by atoms with E-state index in [1.54, 1.807) is 6.20 Å². The summed E-state index contributed by atoms with van der Waals surface area (Å²) in [4.78, 5) is 17.4. The van der Waals surface area contributed by atoms with Gasteiger partial charge in [0.15, 0.2) is 0 Å². The summed E-state index contributed by atoms with van der Waals surface area (Å²) in [5.74, 6) is 0.134. The number of non-ortho nitro benzene ring substituents is 1. The first-order chi connectivity index (χ1) is 12.1. The Kier molecular flexibility index (Phi) is 5.97. The van der Waals surface area contributed by atoms with Crippen molar-refractivity contribution in [2.75, 3.05) is 0 Å². The molecule has 0 radical (unpaired) electrons. The van der Waals surface area contributed by atoms with Crippen LogP contribution in [0.15, 0.2) is 36.5 Å². The van der Waals surface area contributed by atoms with Crippen LogP contribution in [0.3, 0.4) is 0 Å². The molecule has 26 heavy (non-hydrogen) atoms. The normalized spacial score (nSPS) is 12.0. The molecule has 6 heteroatoms. The van der Waals surface area contributed by atoms with Crippen molar-refractivity contribution < 1.29 is 10.0 Å². The molecule has 140 valence electrons. The zero-order valence-corrected chi connectivity index (χ0v) is 16.1. The molecular weight excluding hydrogens is 330 g/mol. The molecule has 0 aliphatic rings. The van der Waals surface area contributed by atoms with Gasteiger partial charge in [0, 0.05) is 48.6 Å². The van der Waals surface area contributed by atoms with Gasteiger partial charge < -0.3 is 5.11 Å². The largest absolute Gasteiger partial charge is 0.507 e. The molecule has 2 aromatic rings. The molecule has 0 atom stereocenters. The summed E-state index contributed by atoms with van der Waals surface area (Å²) in [5.41, 5.74) is 1.68. The highest BCUT2D eigenvalue weighted by atomic mass is 16.6. The highest BCUT2D eigenvalue weighted by Crippen LogP contribution is 2.37. The van der Waals surface area contributed by atoms with Gasteiger partial charge in [0.25, 0.3) is 5.69 Å². The molecular formula is C20H27N3O3. The van der Waals surface area contributed by atoms with Gasteiger partial charge in [0.05, 0.1) is 10.6 Å². The average molecular weight is 357 g/mol. The Morgan fingerprint density at radius 3 is 2.42 bits per heavy atom. The number of nitrogens with zero attached hydrogens (tertiary/aromatic N) is 3. The maximum absolute atomic E-state index is 11.4. The zero-order valence-electron chi connectivity index (χ0n) is 16.1. The predicted molar refractivity (Wildman–Crippen MR) is 102 cm³/mol. The summed E-state index contributed by atoms with van der Waals surface area (Å²) < 4.78 is 0. The number of pyridine rings is 1. The van der Waals surface area contributed by atoms with Crippen LogP contribution in [-0.2, 0) is 18.5 Å². The number of nitro benzene ring substituents is 1. The number of aromatic nitrogens is 1. The van der Waals surface area contributed by atoms with Crippen LogP contribution in [0.25, 0.3) is 0 Å². The molecule has 1 aromatic heterocycles. The Hall–Kier alpha value is -2.47. The third-order valence-electron chi connectivity index (χ3n) is 4.39. The minimum absolute atomic E-state index is 0.00395. The van der Waals surface area contributed by atoms with Gasteiger partial charge in [-0.25, -0.2) is 0 Å². The van der Waals surface area contributed by atoms with Crippen molar-refractivity contribution in [1.29, 1.82) is 0 Å². The second-order valence-corrected chi connectivity index (χ2v) is 7.83. The van der Waals surface area contributed by atoms with Crippen molar-refractivity contribution in [3.63, 3.8) is 0 Å². The van der Waals surface area contributed by atoms with E-state index in [9.17, 15) is 15.2 Å². The maximum Gasteiger partial charge on any atom is 0.270 e. The number of benzene rings is 1. The van der Waals surface area contributed by atoms with Crippen molar-refractivity contribution in [2.24, 2.45) is 0 Å². The van der Waals surface area contributed by atoms with Crippen LogP contribution >= 0.6 is 0 Å². The molecule has 1 aromatic carbocycles. The molecule has 0 fully saturated rings. The van der Waals surface area contributed by atoms with Crippen molar-refractivity contribution in [3.05, 3.63) is 63.5 Å². The van der Waals surface area contributed by atoms with Gasteiger partial charge in [0.2, 0.25) is 0 Å². The molecule has 0 unspecified atom stereocenters. The van der Waals surface area contributed by atoms with Crippen LogP contribution in [-0.4, -0.2) is 26.0 Å². The van der Waals surface area contributed by atoms with Crippen molar-refractivity contribution in [1.82, 2.24) is 9.88 Å². The van der Waals surface area contributed by atoms with Crippen molar-refractivity contribution in [2.45, 2.75) is 59.2 Å². The Morgan fingerprint density at radius 1 is 1.23 bits per heavy atom. The van der Waals surface area contributed by atoms with Crippen LogP contribution in [0.5, 0.6) is 5.75 Å². The Morgan fingerprint density at radius 2 is 1.92 bits per heavy atom. The van der Waals surface area contributed by atoms with Gasteiger partial charge in [0.1, 0.15) is 5.75 Å². The standard InChI is InChI=1S/C20H27N3O3/c1-14(2)22(13-16-8-6-7-9-21-16)12-15-10-17(23(25)26)11-18(19(15)24)20(3,4)5/h6-11,14,24H,12-13H2,1-5H3. The van der Waals surface area contributed by atoms with Crippen LogP contribution in [0.1, 0.15) is 51.4 Å². The third-order valence-corrected chi connectivity index (χ3v) is 4.39. The first kappa shape index (κ1) is 19.8. The minimum Gasteiger partial charge on any atom is -0.507 e. The molecule has 0 saturated heterocycles. The number of nitro groups is 1. The lowest BCUT2D eigenvalue weighted by Gasteiger charge is -2.28. The van der Waals surface area contributed by atoms with Gasteiger partial charge in [-0.05, 0) is 31.4 Å². The number of rotatable bonds is 6. The van der Waals surface area contributed by atoms with Gasteiger partial charge in [-0.3, -0.25) is 20.0 Å². The van der Waals surface area contributed by atoms with Crippen LogP contribution in [0.4, 0.5) is 5.69 Å². The maximum atomic E-state index is 11.4. The number of hydrogen-bond donors (Lipinski definition) is 1. The first-order valence-electron chi connectivity index (χ1n) is 8.74. The molecule has 2 rings (SSSR count). The smallest absolute Gasteiger partial charge is 0.270 e. The molecule has 0 saturated carbocycles. The van der Waals surface area contributed by atoms with Gasteiger partial charge in [-0.1, -0.05) is 26.8 Å². The van der Waals surface area contributed by atoms with E-state index in [0.717, 1.165) is 5.69 Å². The molecule has 1 N–H and O–H groups in total. The Balaban J connectivity index is 2.41. The summed E-state index contributed by atoms with van der Waals surface area (Å²) in [7, 11) is 0. The lowest BCUT2D eigenvalue weighted by atomic mass is 9.84. The number of aromatic hydroxyl groups is 1. The third kappa shape index (κ3) is 4.79. The second kappa shape index (κ2) is 7.83. The molecule has 6 nitrogen and oxygen atoms in total. The monoisotopic (exact) mass is 357 g/mol. The summed E-state index contributed by atoms with van der Waals surface area (Å²) in [6.45, 7) is 10.9. The quantitative estimate of drug-likeness (QED) is 0.612. The lowest BCUT2D eigenvalue weighted by Crippen LogP contribution is -2.30. The minimum atomic E-state index is -0.406. The fourth-order valence-electron chi connectivity index (χ4n) is 2.81. The van der Waals surface area contributed by atoms with E-state index in [1.165, 1.54) is 12.1 Å². The Bertz CT molecular complexity index is 768. The fraction of sp³-hybridized carbons (Fsp3) is 0.450.